The Bertz CT molecular complexity index is 2310. The number of amides is 3. The number of carbonyl (C=O) groups excluding carboxylic acids is 3. The summed E-state index contributed by atoms with van der Waals surface area (Å²) in [7, 11) is 0. The van der Waals surface area contributed by atoms with Crippen LogP contribution in [0, 0.1) is 17.8 Å². The highest BCUT2D eigenvalue weighted by Gasteiger charge is 2.39. The monoisotopic (exact) mass is 792 g/mol. The van der Waals surface area contributed by atoms with Gasteiger partial charge in [-0.3, -0.25) is 29.3 Å². The number of rotatable bonds is 9. The van der Waals surface area contributed by atoms with Gasteiger partial charge in [0.2, 0.25) is 17.7 Å². The number of pyridine rings is 3. The molecule has 0 aliphatic heterocycles. The minimum atomic E-state index is -0.551. The first kappa shape index (κ1) is 37.8. The fourth-order valence-electron chi connectivity index (χ4n) is 9.70. The third-order valence-electron chi connectivity index (χ3n) is 13.1. The molecule has 4 aliphatic carbocycles. The lowest BCUT2D eigenvalue weighted by atomic mass is 9.74. The number of aryl methyl sites for hydroxylation is 6. The van der Waals surface area contributed by atoms with Gasteiger partial charge in [-0.15, -0.1) is 0 Å². The van der Waals surface area contributed by atoms with Crippen molar-refractivity contribution in [2.75, 3.05) is 16.0 Å². The molecule has 10 rings (SSSR count). The highest BCUT2D eigenvalue weighted by Crippen LogP contribution is 2.37. The Morgan fingerprint density at radius 2 is 0.650 bits per heavy atom. The first-order valence-electron chi connectivity index (χ1n) is 21.6. The third kappa shape index (κ3) is 7.96. The van der Waals surface area contributed by atoms with E-state index in [1.165, 1.54) is 52.6 Å². The second-order valence-electron chi connectivity index (χ2n) is 17.1. The summed E-state index contributed by atoms with van der Waals surface area (Å²) in [6, 6.07) is 29.7. The van der Waals surface area contributed by atoms with Crippen LogP contribution in [0.3, 0.4) is 0 Å². The number of anilines is 3. The van der Waals surface area contributed by atoms with Crippen LogP contribution in [-0.4, -0.2) is 32.7 Å². The second kappa shape index (κ2) is 16.3. The van der Waals surface area contributed by atoms with Gasteiger partial charge in [-0.2, -0.15) is 0 Å². The van der Waals surface area contributed by atoms with Crippen molar-refractivity contribution >= 4 is 34.8 Å². The number of hydrogen-bond acceptors (Lipinski definition) is 6. The number of nitrogens with one attached hydrogen (secondary N) is 3. The highest BCUT2D eigenvalue weighted by molar-refractivity contribution is 5.98. The molecule has 60 heavy (non-hydrogen) atoms. The lowest BCUT2D eigenvalue weighted by Gasteiger charge is -2.33. The predicted molar refractivity (Wildman–Crippen MR) is 235 cm³/mol. The van der Waals surface area contributed by atoms with Crippen LogP contribution in [0.1, 0.15) is 71.9 Å². The Labute approximate surface area is 350 Å². The zero-order valence-electron chi connectivity index (χ0n) is 33.7. The van der Waals surface area contributed by atoms with Gasteiger partial charge in [0.05, 0.1) is 17.1 Å². The summed E-state index contributed by atoms with van der Waals surface area (Å²) in [5, 5.41) is 9.27. The van der Waals surface area contributed by atoms with Crippen LogP contribution in [0.5, 0.6) is 0 Å². The fraction of sp³-hybridized carbons (Fsp3) is 0.294. The van der Waals surface area contributed by atoms with Crippen LogP contribution >= 0.6 is 0 Å². The largest absolute Gasteiger partial charge is 0.326 e. The van der Waals surface area contributed by atoms with E-state index >= 15 is 0 Å². The van der Waals surface area contributed by atoms with Gasteiger partial charge >= 0.3 is 0 Å². The van der Waals surface area contributed by atoms with E-state index in [0.717, 1.165) is 72.3 Å². The number of aromatic nitrogens is 3. The lowest BCUT2D eigenvalue weighted by Crippen LogP contribution is -2.40. The average molecular weight is 793 g/mol. The smallest absolute Gasteiger partial charge is 0.227 e. The van der Waals surface area contributed by atoms with Gasteiger partial charge in [0, 0.05) is 70.1 Å². The number of fused-ring (bicyclic) bond motifs is 3. The Morgan fingerprint density at radius 3 is 0.933 bits per heavy atom. The summed E-state index contributed by atoms with van der Waals surface area (Å²) < 4.78 is 0. The van der Waals surface area contributed by atoms with E-state index in [4.69, 9.17) is 0 Å². The van der Waals surface area contributed by atoms with E-state index in [2.05, 4.69) is 49.1 Å². The van der Waals surface area contributed by atoms with Crippen molar-refractivity contribution in [2.24, 2.45) is 17.8 Å². The maximum atomic E-state index is 14.0. The van der Waals surface area contributed by atoms with Gasteiger partial charge in [-0.05, 0) is 165 Å². The molecule has 0 unspecified atom stereocenters. The van der Waals surface area contributed by atoms with E-state index in [-0.39, 0.29) is 17.7 Å². The maximum Gasteiger partial charge on any atom is 0.227 e. The second-order valence-corrected chi connectivity index (χ2v) is 17.1. The molecule has 3 heterocycles. The first-order valence-corrected chi connectivity index (χ1v) is 21.6. The summed E-state index contributed by atoms with van der Waals surface area (Å²) in [5.74, 6) is -2.26. The lowest BCUT2D eigenvalue weighted by molar-refractivity contribution is -0.129. The molecule has 0 radical (unpaired) electrons. The van der Waals surface area contributed by atoms with Crippen molar-refractivity contribution in [3.05, 3.63) is 143 Å². The van der Waals surface area contributed by atoms with E-state index in [1.54, 1.807) is 0 Å². The molecule has 3 amide bonds. The maximum absolute atomic E-state index is 14.0. The van der Waals surface area contributed by atoms with Crippen molar-refractivity contribution in [1.29, 1.82) is 0 Å². The molecule has 300 valence electrons. The summed E-state index contributed by atoms with van der Waals surface area (Å²) in [4.78, 5) is 56.0. The minimum absolute atomic E-state index is 0.203. The van der Waals surface area contributed by atoms with E-state index in [9.17, 15) is 14.4 Å². The summed E-state index contributed by atoms with van der Waals surface area (Å²) in [5.41, 5.74) is 15.8. The topological polar surface area (TPSA) is 126 Å². The fourth-order valence-corrected chi connectivity index (χ4v) is 9.70. The molecule has 0 saturated heterocycles. The van der Waals surface area contributed by atoms with E-state index in [1.807, 2.05) is 91.4 Å². The number of nitrogens with zero attached hydrogens (tertiary/aromatic N) is 3. The van der Waals surface area contributed by atoms with Crippen molar-refractivity contribution in [2.45, 2.75) is 77.0 Å². The molecule has 9 heteroatoms. The van der Waals surface area contributed by atoms with E-state index in [0.29, 0.717) is 36.3 Å². The van der Waals surface area contributed by atoms with Gasteiger partial charge in [-0.25, -0.2) is 0 Å². The molecule has 1 saturated carbocycles. The first-order chi connectivity index (χ1) is 29.4. The quantitative estimate of drug-likeness (QED) is 0.134. The van der Waals surface area contributed by atoms with Gasteiger partial charge in [-0.1, -0.05) is 36.4 Å². The molecule has 6 aromatic rings. The zero-order valence-corrected chi connectivity index (χ0v) is 33.7. The van der Waals surface area contributed by atoms with Crippen LogP contribution in [0.25, 0.3) is 33.8 Å². The van der Waals surface area contributed by atoms with Crippen LogP contribution in [0.15, 0.2) is 110 Å². The molecular formula is C51H48N6O3. The number of hydrogen-bond donors (Lipinski definition) is 3. The Morgan fingerprint density at radius 1 is 0.383 bits per heavy atom. The van der Waals surface area contributed by atoms with Crippen LogP contribution in [0.2, 0.25) is 0 Å². The molecule has 0 spiro atoms. The van der Waals surface area contributed by atoms with Crippen LogP contribution in [-0.2, 0) is 52.9 Å². The van der Waals surface area contributed by atoms with Crippen molar-refractivity contribution in [3.8, 4) is 33.8 Å². The van der Waals surface area contributed by atoms with E-state index < -0.39 is 17.8 Å². The molecule has 0 bridgehead atoms. The molecular weight excluding hydrogens is 745 g/mol. The number of benzene rings is 3. The Hall–Kier alpha value is -6.48. The van der Waals surface area contributed by atoms with Crippen LogP contribution in [0.4, 0.5) is 17.1 Å². The summed E-state index contributed by atoms with van der Waals surface area (Å²) >= 11 is 0. The summed E-state index contributed by atoms with van der Waals surface area (Å²) in [6.45, 7) is 0. The van der Waals surface area contributed by atoms with Gasteiger partial charge in [0.25, 0.3) is 0 Å². The Balaban J connectivity index is 0.838. The Kier molecular flexibility index (Phi) is 10.3. The van der Waals surface area contributed by atoms with Gasteiger partial charge in [0.15, 0.2) is 0 Å². The predicted octanol–water partition coefficient (Wildman–Crippen LogP) is 9.59. The number of carbonyl (C=O) groups is 3. The highest BCUT2D eigenvalue weighted by atomic mass is 16.2. The molecule has 0 atom stereocenters. The van der Waals surface area contributed by atoms with Gasteiger partial charge < -0.3 is 16.0 Å². The van der Waals surface area contributed by atoms with Crippen molar-refractivity contribution < 1.29 is 14.4 Å². The standard InChI is InChI=1S/C51H48N6O3/c58-49(55-43-16-10-31(11-17-43)46-25-34-4-1-7-37(34)28-52-46)40-22-41(50(59)56-44-18-12-32(13-19-44)47-26-35-5-2-8-38(35)29-53-47)24-42(23-40)51(60)57-45-20-14-33(15-21-45)48-27-36-6-3-9-39(36)30-54-48/h10-21,25-30,40-42H,1-9,22-24H2,(H,55,58)(H,56,59)(H,57,60). The molecule has 3 N–H and O–H groups in total. The molecule has 1 fully saturated rings. The summed E-state index contributed by atoms with van der Waals surface area (Å²) in [6.07, 6.45) is 16.9. The average Bonchev–Trinajstić information content (AvgIpc) is 4.08. The normalized spacial score (nSPS) is 18.9. The van der Waals surface area contributed by atoms with Gasteiger partial charge in [0.1, 0.15) is 0 Å². The molecule has 3 aromatic carbocycles. The SMILES string of the molecule is O=C(Nc1ccc(-c2cc3c(cn2)CCC3)cc1)C1CC(C(=O)Nc2ccc(-c3cc4c(cn3)CCC4)cc2)CC(C(=O)Nc2ccc(-c3cc4c(cn3)CCC4)cc2)C1. The zero-order chi connectivity index (χ0) is 40.6. The minimum Gasteiger partial charge on any atom is -0.326 e. The van der Waals surface area contributed by atoms with Crippen molar-refractivity contribution in [3.63, 3.8) is 0 Å². The van der Waals surface area contributed by atoms with Crippen molar-refractivity contribution in [1.82, 2.24) is 15.0 Å². The molecule has 3 aromatic heterocycles. The van der Waals surface area contributed by atoms with Crippen LogP contribution < -0.4 is 16.0 Å². The third-order valence-corrected chi connectivity index (χ3v) is 13.1. The molecule has 9 nitrogen and oxygen atoms in total. The molecule has 4 aliphatic rings.